The molecule has 61 heavy (non-hydrogen) atoms. The fourth-order valence-corrected chi connectivity index (χ4v) is 8.92. The largest absolute Gasteiger partial charge is 0.444 e. The summed E-state index contributed by atoms with van der Waals surface area (Å²) in [7, 11) is -4.40. The Morgan fingerprint density at radius 3 is 1.97 bits per heavy atom. The van der Waals surface area contributed by atoms with E-state index in [1.165, 1.54) is 6.20 Å². The zero-order valence-electron chi connectivity index (χ0n) is 36.2. The Morgan fingerprint density at radius 2 is 1.44 bits per heavy atom. The number of halogens is 4. The van der Waals surface area contributed by atoms with Gasteiger partial charge in [0.25, 0.3) is 0 Å². The average Bonchev–Trinajstić information content (AvgIpc) is 3.49. The lowest BCUT2D eigenvalue weighted by atomic mass is 9.81. The Hall–Kier alpha value is -4.90. The molecule has 2 aromatic heterocycles. The molecule has 0 radical (unpaired) electrons. The molecule has 0 aliphatic heterocycles. The Bertz CT molecular complexity index is 2420. The molecule has 18 heteroatoms. The molecule has 0 saturated heterocycles. The second-order valence-electron chi connectivity index (χ2n) is 18.4. The van der Waals surface area contributed by atoms with Crippen molar-refractivity contribution in [3.63, 3.8) is 0 Å². The zero-order chi connectivity index (χ0) is 45.6. The van der Waals surface area contributed by atoms with Crippen molar-refractivity contribution in [3.8, 4) is 11.3 Å². The summed E-state index contributed by atoms with van der Waals surface area (Å²) in [6.07, 6.45) is 0.896. The first-order chi connectivity index (χ1) is 28.0. The van der Waals surface area contributed by atoms with Crippen molar-refractivity contribution in [1.29, 1.82) is 0 Å². The highest BCUT2D eigenvalue weighted by molar-refractivity contribution is 7.90. The predicted molar refractivity (Wildman–Crippen MR) is 225 cm³/mol. The molecule has 1 aliphatic carbocycles. The third-order valence-electron chi connectivity index (χ3n) is 9.44. The predicted octanol–water partition coefficient (Wildman–Crippen LogP) is 11.0. The SMILES string of the molecule is CC(C)n1nc(-c2cc(F)c(CS(=O)(=O)c3ccc(F)cc3Cl)cc2F)c2c(N(C(=O)OC(C)(C)C)C(=O)OC(C)(C)C)ncc(C3CCC(NC(=O)OC(C)(C)C)CC3)c21. The van der Waals surface area contributed by atoms with Crippen LogP contribution in [0.25, 0.3) is 22.2 Å². The van der Waals surface area contributed by atoms with E-state index in [1.807, 2.05) is 13.8 Å². The molecule has 332 valence electrons. The van der Waals surface area contributed by atoms with Crippen molar-refractivity contribution in [1.82, 2.24) is 20.1 Å². The molecule has 0 unspecified atom stereocenters. The number of rotatable bonds is 8. The van der Waals surface area contributed by atoms with Crippen LogP contribution in [-0.4, -0.2) is 64.3 Å². The Labute approximate surface area is 359 Å². The number of carbonyl (C=O) groups is 3. The van der Waals surface area contributed by atoms with Gasteiger partial charge in [-0.1, -0.05) is 11.6 Å². The molecule has 13 nitrogen and oxygen atoms in total. The van der Waals surface area contributed by atoms with Gasteiger partial charge in [0, 0.05) is 29.4 Å². The maximum atomic E-state index is 16.6. The molecular weight excluding hydrogens is 839 g/mol. The highest BCUT2D eigenvalue weighted by Gasteiger charge is 2.39. The highest BCUT2D eigenvalue weighted by atomic mass is 35.5. The summed E-state index contributed by atoms with van der Waals surface area (Å²) in [5.41, 5.74) is -3.07. The number of benzene rings is 2. The Morgan fingerprint density at radius 1 is 0.869 bits per heavy atom. The number of nitrogens with zero attached hydrogens (tertiary/aromatic N) is 4. The van der Waals surface area contributed by atoms with Crippen molar-refractivity contribution in [2.24, 2.45) is 0 Å². The van der Waals surface area contributed by atoms with Crippen LogP contribution in [0, 0.1) is 17.5 Å². The van der Waals surface area contributed by atoms with Crippen molar-refractivity contribution >= 4 is 56.4 Å². The van der Waals surface area contributed by atoms with Gasteiger partial charge in [-0.2, -0.15) is 10.00 Å². The fraction of sp³-hybridized carbons (Fsp3) is 0.512. The zero-order valence-corrected chi connectivity index (χ0v) is 37.8. The minimum absolute atomic E-state index is 0.00585. The van der Waals surface area contributed by atoms with E-state index in [0.717, 1.165) is 30.3 Å². The Kier molecular flexibility index (Phi) is 13.5. The topological polar surface area (TPSA) is 159 Å². The Balaban J connectivity index is 1.72. The standard InChI is InChI=1S/C43H53ClF3N5O8S/c1-23(2)52-36-29(24-12-15-27(16-13-24)49-38(53)58-41(3,4)5)21-48-37(51(39(54)59-42(6,7)8)40(55)60-43(9,10)11)34(36)35(50-52)28-20-31(46)25(18-32(28)47)22-61(56,57)33-17-14-26(45)19-30(33)44/h14,17-21,23-24,27H,12-13,15-16,22H2,1-11H3,(H,49,53). The van der Waals surface area contributed by atoms with Gasteiger partial charge in [-0.25, -0.2) is 41.0 Å². The van der Waals surface area contributed by atoms with E-state index in [-0.39, 0.29) is 28.9 Å². The first-order valence-corrected chi connectivity index (χ1v) is 21.9. The molecule has 0 spiro atoms. The summed E-state index contributed by atoms with van der Waals surface area (Å²) in [5.74, 6) is -4.54. The molecule has 2 aromatic carbocycles. The second-order valence-corrected chi connectivity index (χ2v) is 20.8. The maximum absolute atomic E-state index is 16.6. The number of aromatic nitrogens is 3. The van der Waals surface area contributed by atoms with Crippen molar-refractivity contribution in [3.05, 3.63) is 70.1 Å². The first kappa shape index (κ1) is 47.2. The van der Waals surface area contributed by atoms with Gasteiger partial charge in [-0.15, -0.1) is 0 Å². The summed E-state index contributed by atoms with van der Waals surface area (Å²) in [6.45, 7) is 18.6. The number of carbonyl (C=O) groups excluding carboxylic acids is 3. The van der Waals surface area contributed by atoms with Gasteiger partial charge in [0.1, 0.15) is 39.9 Å². The number of pyridine rings is 1. The summed E-state index contributed by atoms with van der Waals surface area (Å²) in [6, 6.07) is 3.52. The number of fused-ring (bicyclic) bond motifs is 1. The van der Waals surface area contributed by atoms with Crippen LogP contribution in [0.5, 0.6) is 0 Å². The van der Waals surface area contributed by atoms with Crippen LogP contribution < -0.4 is 10.2 Å². The maximum Gasteiger partial charge on any atom is 0.425 e. The summed E-state index contributed by atoms with van der Waals surface area (Å²) in [4.78, 5) is 45.5. The minimum atomic E-state index is -4.40. The minimum Gasteiger partial charge on any atom is -0.444 e. The highest BCUT2D eigenvalue weighted by Crippen LogP contribution is 2.44. The number of amides is 3. The summed E-state index contributed by atoms with van der Waals surface area (Å²) in [5, 5.41) is 7.28. The summed E-state index contributed by atoms with van der Waals surface area (Å²) >= 11 is 6.02. The lowest BCUT2D eigenvalue weighted by Crippen LogP contribution is -2.44. The number of alkyl carbamates (subject to hydrolysis) is 1. The van der Waals surface area contributed by atoms with Gasteiger partial charge in [0.2, 0.25) is 0 Å². The number of nitrogens with one attached hydrogen (secondary N) is 1. The van der Waals surface area contributed by atoms with E-state index < -0.39 is 95.2 Å². The van der Waals surface area contributed by atoms with Gasteiger partial charge < -0.3 is 19.5 Å². The van der Waals surface area contributed by atoms with Gasteiger partial charge in [0.05, 0.1) is 26.6 Å². The van der Waals surface area contributed by atoms with Crippen LogP contribution in [0.3, 0.4) is 0 Å². The molecule has 1 fully saturated rings. The van der Waals surface area contributed by atoms with Crippen molar-refractivity contribution in [2.45, 2.75) is 147 Å². The molecule has 1 N–H and O–H groups in total. The smallest absolute Gasteiger partial charge is 0.425 e. The quantitative estimate of drug-likeness (QED) is 0.133. The first-order valence-electron chi connectivity index (χ1n) is 19.9. The number of imide groups is 1. The molecule has 4 aromatic rings. The van der Waals surface area contributed by atoms with E-state index >= 15 is 8.78 Å². The molecule has 0 atom stereocenters. The third-order valence-corrected chi connectivity index (χ3v) is 11.6. The van der Waals surface area contributed by atoms with E-state index in [2.05, 4.69) is 10.3 Å². The third kappa shape index (κ3) is 11.3. The van der Waals surface area contributed by atoms with Crippen molar-refractivity contribution in [2.75, 3.05) is 4.90 Å². The molecule has 1 aliphatic rings. The van der Waals surface area contributed by atoms with Crippen LogP contribution in [0.1, 0.15) is 125 Å². The van der Waals surface area contributed by atoms with Gasteiger partial charge >= 0.3 is 18.3 Å². The van der Waals surface area contributed by atoms with Crippen LogP contribution in [0.15, 0.2) is 41.4 Å². The second kappa shape index (κ2) is 17.5. The lowest BCUT2D eigenvalue weighted by Gasteiger charge is -2.31. The van der Waals surface area contributed by atoms with Crippen LogP contribution in [0.4, 0.5) is 33.4 Å². The van der Waals surface area contributed by atoms with Crippen molar-refractivity contribution < 1.29 is 50.2 Å². The normalized spacial score (nSPS) is 16.4. The number of hydrogen-bond acceptors (Lipinski definition) is 10. The molecule has 2 heterocycles. The van der Waals surface area contributed by atoms with E-state index in [0.29, 0.717) is 41.7 Å². The van der Waals surface area contributed by atoms with Gasteiger partial charge in [-0.3, -0.25) is 4.68 Å². The number of anilines is 1. The van der Waals surface area contributed by atoms with E-state index in [9.17, 15) is 27.2 Å². The fourth-order valence-electron chi connectivity index (χ4n) is 6.99. The number of ether oxygens (including phenoxy) is 3. The molecule has 0 bridgehead atoms. The lowest BCUT2D eigenvalue weighted by molar-refractivity contribution is 0.0425. The van der Waals surface area contributed by atoms with Gasteiger partial charge in [-0.05, 0) is 144 Å². The number of sulfone groups is 1. The van der Waals surface area contributed by atoms with Crippen LogP contribution in [0.2, 0.25) is 5.02 Å². The van der Waals surface area contributed by atoms with Crippen LogP contribution in [-0.2, 0) is 29.8 Å². The monoisotopic (exact) mass is 891 g/mol. The van der Waals surface area contributed by atoms with E-state index in [1.54, 1.807) is 67.0 Å². The van der Waals surface area contributed by atoms with E-state index in [4.69, 9.17) is 30.9 Å². The van der Waals surface area contributed by atoms with Gasteiger partial charge in [0.15, 0.2) is 15.7 Å². The summed E-state index contributed by atoms with van der Waals surface area (Å²) < 4.78 is 91.5. The molecular formula is C43H53ClF3N5O8S. The molecule has 5 rings (SSSR count). The molecule has 3 amide bonds. The number of hydrogen-bond donors (Lipinski definition) is 1. The average molecular weight is 892 g/mol. The van der Waals surface area contributed by atoms with Crippen LogP contribution >= 0.6 is 11.6 Å². The molecule has 1 saturated carbocycles.